The molecule has 0 radical (unpaired) electrons. The van der Waals surface area contributed by atoms with Crippen LogP contribution in [-0.2, 0) is 6.42 Å². The second-order valence-corrected chi connectivity index (χ2v) is 3.17. The van der Waals surface area contributed by atoms with Crippen LogP contribution in [0.2, 0.25) is 0 Å². The molecule has 72 valence electrons. The largest absolute Gasteiger partial charge is 0.383 e. The molecule has 2 heterocycles. The summed E-state index contributed by atoms with van der Waals surface area (Å²) in [6.07, 6.45) is 5.29. The zero-order chi connectivity index (χ0) is 9.97. The zero-order valence-electron chi connectivity index (χ0n) is 8.07. The maximum absolute atomic E-state index is 5.81. The predicted octanol–water partition coefficient (Wildman–Crippen LogP) is 1.56. The third-order valence-corrected chi connectivity index (χ3v) is 2.05. The summed E-state index contributed by atoms with van der Waals surface area (Å²) < 4.78 is 0. The number of pyridine rings is 1. The third kappa shape index (κ3) is 1.51. The monoisotopic (exact) mass is 188 g/mol. The van der Waals surface area contributed by atoms with E-state index >= 15 is 0 Å². The van der Waals surface area contributed by atoms with Crippen LogP contribution in [0.25, 0.3) is 10.9 Å². The topological polar surface area (TPSA) is 64.7 Å². The number of aromatic nitrogens is 3. The lowest BCUT2D eigenvalue weighted by molar-refractivity contribution is 0.846. The van der Waals surface area contributed by atoms with Gasteiger partial charge in [-0.15, -0.1) is 0 Å². The van der Waals surface area contributed by atoms with Gasteiger partial charge in [-0.25, -0.2) is 9.97 Å². The molecule has 2 rings (SSSR count). The molecule has 0 aliphatic carbocycles. The maximum Gasteiger partial charge on any atom is 0.135 e. The quantitative estimate of drug-likeness (QED) is 0.776. The Morgan fingerprint density at radius 1 is 1.36 bits per heavy atom. The van der Waals surface area contributed by atoms with E-state index in [4.69, 9.17) is 5.73 Å². The van der Waals surface area contributed by atoms with Crippen molar-refractivity contribution in [2.45, 2.75) is 19.8 Å². The number of anilines is 1. The maximum atomic E-state index is 5.81. The molecule has 0 bridgehead atoms. The molecule has 0 amide bonds. The summed E-state index contributed by atoms with van der Waals surface area (Å²) >= 11 is 0. The Morgan fingerprint density at radius 3 is 3.00 bits per heavy atom. The molecule has 0 atom stereocenters. The van der Waals surface area contributed by atoms with Crippen molar-refractivity contribution in [3.8, 4) is 0 Å². The Kier molecular flexibility index (Phi) is 2.26. The highest BCUT2D eigenvalue weighted by Crippen LogP contribution is 2.16. The first kappa shape index (κ1) is 8.87. The molecule has 2 aromatic rings. The van der Waals surface area contributed by atoms with E-state index in [9.17, 15) is 0 Å². The summed E-state index contributed by atoms with van der Waals surface area (Å²) in [7, 11) is 0. The lowest BCUT2D eigenvalue weighted by atomic mass is 10.2. The Labute approximate surface area is 82.2 Å². The molecule has 0 saturated heterocycles. The van der Waals surface area contributed by atoms with Crippen LogP contribution < -0.4 is 5.73 Å². The third-order valence-electron chi connectivity index (χ3n) is 2.05. The molecular weight excluding hydrogens is 176 g/mol. The lowest BCUT2D eigenvalue weighted by Crippen LogP contribution is -2.00. The number of nitrogen functional groups attached to an aromatic ring is 1. The molecule has 0 aliphatic rings. The predicted molar refractivity (Wildman–Crippen MR) is 55.7 cm³/mol. The highest BCUT2D eigenvalue weighted by atomic mass is 14.9. The second-order valence-electron chi connectivity index (χ2n) is 3.17. The number of fused-ring (bicyclic) bond motifs is 1. The first-order valence-corrected chi connectivity index (χ1v) is 4.67. The number of hydrogen-bond donors (Lipinski definition) is 1. The minimum atomic E-state index is 0.542. The fourth-order valence-electron chi connectivity index (χ4n) is 1.39. The molecule has 0 unspecified atom stereocenters. The van der Waals surface area contributed by atoms with Crippen molar-refractivity contribution in [3.05, 3.63) is 24.3 Å². The van der Waals surface area contributed by atoms with E-state index < -0.39 is 0 Å². The summed E-state index contributed by atoms with van der Waals surface area (Å²) in [5.41, 5.74) is 6.63. The Hall–Kier alpha value is -1.71. The van der Waals surface area contributed by atoms with E-state index in [0.29, 0.717) is 5.82 Å². The van der Waals surface area contributed by atoms with Crippen molar-refractivity contribution in [1.29, 1.82) is 0 Å². The van der Waals surface area contributed by atoms with Crippen LogP contribution in [0.4, 0.5) is 5.82 Å². The van der Waals surface area contributed by atoms with E-state index in [2.05, 4.69) is 21.9 Å². The van der Waals surface area contributed by atoms with Crippen LogP contribution >= 0.6 is 0 Å². The van der Waals surface area contributed by atoms with Crippen molar-refractivity contribution >= 4 is 16.7 Å². The first-order chi connectivity index (χ1) is 6.81. The molecule has 0 aromatic carbocycles. The number of nitrogens with two attached hydrogens (primary N) is 1. The van der Waals surface area contributed by atoms with Crippen molar-refractivity contribution in [1.82, 2.24) is 15.0 Å². The van der Waals surface area contributed by atoms with Gasteiger partial charge in [-0.3, -0.25) is 4.98 Å². The SMILES string of the molecule is CCCc1nc(N)c2ccncc2n1. The molecule has 0 saturated carbocycles. The van der Waals surface area contributed by atoms with Gasteiger partial charge in [-0.1, -0.05) is 6.92 Å². The Morgan fingerprint density at radius 2 is 2.21 bits per heavy atom. The molecule has 0 aliphatic heterocycles. The number of rotatable bonds is 2. The van der Waals surface area contributed by atoms with E-state index in [0.717, 1.165) is 29.6 Å². The van der Waals surface area contributed by atoms with Crippen LogP contribution in [0.1, 0.15) is 19.2 Å². The average molecular weight is 188 g/mol. The van der Waals surface area contributed by atoms with Crippen molar-refractivity contribution in [2.75, 3.05) is 5.73 Å². The van der Waals surface area contributed by atoms with E-state index in [1.54, 1.807) is 12.4 Å². The highest BCUT2D eigenvalue weighted by Gasteiger charge is 2.03. The fraction of sp³-hybridized carbons (Fsp3) is 0.300. The van der Waals surface area contributed by atoms with Gasteiger partial charge >= 0.3 is 0 Å². The van der Waals surface area contributed by atoms with Gasteiger partial charge in [-0.2, -0.15) is 0 Å². The number of aryl methyl sites for hydroxylation is 1. The molecule has 0 fully saturated rings. The van der Waals surface area contributed by atoms with Gasteiger partial charge in [0.05, 0.1) is 11.7 Å². The van der Waals surface area contributed by atoms with Crippen LogP contribution in [0.3, 0.4) is 0 Å². The fourth-order valence-corrected chi connectivity index (χ4v) is 1.39. The lowest BCUT2D eigenvalue weighted by Gasteiger charge is -2.03. The van der Waals surface area contributed by atoms with Crippen LogP contribution in [0.15, 0.2) is 18.5 Å². The molecule has 0 spiro atoms. The summed E-state index contributed by atoms with van der Waals surface area (Å²) in [4.78, 5) is 12.6. The van der Waals surface area contributed by atoms with Gasteiger partial charge in [0.1, 0.15) is 11.6 Å². The van der Waals surface area contributed by atoms with Gasteiger partial charge in [0.15, 0.2) is 0 Å². The molecule has 2 N–H and O–H groups in total. The standard InChI is InChI=1S/C10H12N4/c1-2-3-9-13-8-6-12-5-4-7(8)10(11)14-9/h4-6H,2-3H2,1H3,(H2,11,13,14). The minimum absolute atomic E-state index is 0.542. The summed E-state index contributed by atoms with van der Waals surface area (Å²) in [6, 6.07) is 1.83. The zero-order valence-corrected chi connectivity index (χ0v) is 8.07. The Bertz CT molecular complexity index is 453. The number of nitrogens with zero attached hydrogens (tertiary/aromatic N) is 3. The number of hydrogen-bond acceptors (Lipinski definition) is 4. The van der Waals surface area contributed by atoms with Crippen LogP contribution in [-0.4, -0.2) is 15.0 Å². The van der Waals surface area contributed by atoms with Crippen LogP contribution in [0, 0.1) is 0 Å². The van der Waals surface area contributed by atoms with Crippen molar-refractivity contribution in [2.24, 2.45) is 0 Å². The second kappa shape index (κ2) is 3.57. The molecular formula is C10H12N4. The first-order valence-electron chi connectivity index (χ1n) is 4.67. The summed E-state index contributed by atoms with van der Waals surface area (Å²) in [5, 5.41) is 0.875. The van der Waals surface area contributed by atoms with Gasteiger partial charge in [-0.05, 0) is 12.5 Å². The summed E-state index contributed by atoms with van der Waals surface area (Å²) in [6.45, 7) is 2.09. The van der Waals surface area contributed by atoms with Crippen LogP contribution in [0.5, 0.6) is 0 Å². The van der Waals surface area contributed by atoms with Crippen molar-refractivity contribution < 1.29 is 0 Å². The van der Waals surface area contributed by atoms with Crippen molar-refractivity contribution in [3.63, 3.8) is 0 Å². The Balaban J connectivity index is 2.60. The van der Waals surface area contributed by atoms with Gasteiger partial charge in [0.25, 0.3) is 0 Å². The molecule has 2 aromatic heterocycles. The smallest absolute Gasteiger partial charge is 0.135 e. The summed E-state index contributed by atoms with van der Waals surface area (Å²) in [5.74, 6) is 1.34. The molecule has 4 nitrogen and oxygen atoms in total. The van der Waals surface area contributed by atoms with Gasteiger partial charge in [0, 0.05) is 18.0 Å². The average Bonchev–Trinajstić information content (AvgIpc) is 2.18. The van der Waals surface area contributed by atoms with Gasteiger partial charge < -0.3 is 5.73 Å². The molecule has 14 heavy (non-hydrogen) atoms. The molecule has 4 heteroatoms. The van der Waals surface area contributed by atoms with E-state index in [-0.39, 0.29) is 0 Å². The minimum Gasteiger partial charge on any atom is -0.383 e. The van der Waals surface area contributed by atoms with Gasteiger partial charge in [0.2, 0.25) is 0 Å². The highest BCUT2D eigenvalue weighted by molar-refractivity contribution is 5.86. The van der Waals surface area contributed by atoms with E-state index in [1.807, 2.05) is 6.07 Å². The van der Waals surface area contributed by atoms with E-state index in [1.165, 1.54) is 0 Å². The normalized spacial score (nSPS) is 10.6.